The van der Waals surface area contributed by atoms with Gasteiger partial charge >= 0.3 is 0 Å². The summed E-state index contributed by atoms with van der Waals surface area (Å²) in [4.78, 5) is 7.92. The molecule has 12 heavy (non-hydrogen) atoms. The van der Waals surface area contributed by atoms with Crippen LogP contribution in [0.25, 0.3) is 10.2 Å². The average Bonchev–Trinajstić information content (AvgIpc) is 2.39. The molecule has 0 saturated heterocycles. The maximum Gasteiger partial charge on any atom is 0.163 e. The van der Waals surface area contributed by atoms with Crippen LogP contribution in [0.15, 0.2) is 10.1 Å². The van der Waals surface area contributed by atoms with Crippen LogP contribution in [0.3, 0.4) is 0 Å². The van der Waals surface area contributed by atoms with Gasteiger partial charge in [0.1, 0.15) is 5.52 Å². The van der Waals surface area contributed by atoms with Crippen LogP contribution < -0.4 is 0 Å². The molecule has 2 nitrogen and oxygen atoms in total. The van der Waals surface area contributed by atoms with Crippen molar-refractivity contribution in [1.29, 1.82) is 0 Å². The highest BCUT2D eigenvalue weighted by molar-refractivity contribution is 9.11. The minimum absolute atomic E-state index is 0.268. The standard InChI is InChI=1S/C7H4BrFN2S/c1-3-5(9)6-4(2-10-3)11-7(8)12-6/h2H,1H3. The van der Waals surface area contributed by atoms with Gasteiger partial charge in [-0.25, -0.2) is 9.37 Å². The van der Waals surface area contributed by atoms with Gasteiger partial charge < -0.3 is 0 Å². The van der Waals surface area contributed by atoms with E-state index in [-0.39, 0.29) is 5.82 Å². The maximum atomic E-state index is 13.3. The summed E-state index contributed by atoms with van der Waals surface area (Å²) in [7, 11) is 0. The molecule has 2 heterocycles. The Morgan fingerprint density at radius 3 is 3.08 bits per heavy atom. The minimum Gasteiger partial charge on any atom is -0.256 e. The zero-order chi connectivity index (χ0) is 8.72. The van der Waals surface area contributed by atoms with E-state index in [9.17, 15) is 4.39 Å². The lowest BCUT2D eigenvalue weighted by Gasteiger charge is -1.93. The SMILES string of the molecule is Cc1ncc2nc(Br)sc2c1F. The smallest absolute Gasteiger partial charge is 0.163 e. The number of aromatic nitrogens is 2. The molecule has 2 aromatic rings. The van der Waals surface area contributed by atoms with Crippen LogP contribution in [0.5, 0.6) is 0 Å². The molecule has 0 radical (unpaired) electrons. The molecule has 0 N–H and O–H groups in total. The fourth-order valence-corrected chi connectivity index (χ4v) is 2.36. The third-order valence-electron chi connectivity index (χ3n) is 1.52. The van der Waals surface area contributed by atoms with Gasteiger partial charge in [-0.05, 0) is 22.9 Å². The van der Waals surface area contributed by atoms with Crippen molar-refractivity contribution in [3.63, 3.8) is 0 Å². The van der Waals surface area contributed by atoms with E-state index in [1.54, 1.807) is 13.1 Å². The van der Waals surface area contributed by atoms with Crippen molar-refractivity contribution in [3.05, 3.63) is 21.6 Å². The molecule has 0 aliphatic heterocycles. The Bertz CT molecular complexity index is 440. The average molecular weight is 247 g/mol. The largest absolute Gasteiger partial charge is 0.256 e. The molecule has 0 amide bonds. The second kappa shape index (κ2) is 2.74. The number of thiazole rings is 1. The van der Waals surface area contributed by atoms with Crippen molar-refractivity contribution in [2.75, 3.05) is 0 Å². The highest BCUT2D eigenvalue weighted by Gasteiger charge is 2.09. The van der Waals surface area contributed by atoms with E-state index in [1.165, 1.54) is 11.3 Å². The van der Waals surface area contributed by atoms with Gasteiger partial charge in [-0.1, -0.05) is 0 Å². The normalized spacial score (nSPS) is 10.9. The van der Waals surface area contributed by atoms with Gasteiger partial charge in [-0.2, -0.15) is 0 Å². The molecule has 0 saturated carbocycles. The van der Waals surface area contributed by atoms with Gasteiger partial charge in [-0.3, -0.25) is 4.98 Å². The van der Waals surface area contributed by atoms with Crippen molar-refractivity contribution in [2.24, 2.45) is 0 Å². The molecule has 5 heteroatoms. The summed E-state index contributed by atoms with van der Waals surface area (Å²) >= 11 is 4.48. The van der Waals surface area contributed by atoms with Crippen molar-refractivity contribution in [1.82, 2.24) is 9.97 Å². The predicted octanol–water partition coefficient (Wildman–Crippen LogP) is 2.90. The van der Waals surface area contributed by atoms with E-state index in [0.29, 0.717) is 19.8 Å². The van der Waals surface area contributed by atoms with E-state index in [0.717, 1.165) is 0 Å². The second-order valence-electron chi connectivity index (χ2n) is 2.34. The highest BCUT2D eigenvalue weighted by atomic mass is 79.9. The molecule has 0 unspecified atom stereocenters. The third kappa shape index (κ3) is 1.13. The van der Waals surface area contributed by atoms with E-state index in [4.69, 9.17) is 0 Å². The summed E-state index contributed by atoms with van der Waals surface area (Å²) in [6.45, 7) is 1.64. The molecule has 0 aliphatic carbocycles. The predicted molar refractivity (Wildman–Crippen MR) is 49.8 cm³/mol. The van der Waals surface area contributed by atoms with Crippen LogP contribution in [0.1, 0.15) is 5.69 Å². The van der Waals surface area contributed by atoms with Gasteiger partial charge in [0.25, 0.3) is 0 Å². The third-order valence-corrected chi connectivity index (χ3v) is 3.04. The first-order valence-corrected chi connectivity index (χ1v) is 4.86. The minimum atomic E-state index is -0.268. The Labute approximate surface area is 80.6 Å². The van der Waals surface area contributed by atoms with Crippen LogP contribution >= 0.6 is 27.3 Å². The number of halogens is 2. The number of nitrogens with zero attached hydrogens (tertiary/aromatic N) is 2. The number of rotatable bonds is 0. The summed E-state index contributed by atoms with van der Waals surface area (Å²) in [6, 6.07) is 0. The highest BCUT2D eigenvalue weighted by Crippen LogP contribution is 2.28. The van der Waals surface area contributed by atoms with Crippen molar-refractivity contribution in [3.8, 4) is 0 Å². The number of fused-ring (bicyclic) bond motifs is 1. The van der Waals surface area contributed by atoms with Gasteiger partial charge in [0.2, 0.25) is 0 Å². The van der Waals surface area contributed by atoms with E-state index >= 15 is 0 Å². The molecule has 0 atom stereocenters. The summed E-state index contributed by atoms with van der Waals surface area (Å²) < 4.78 is 14.5. The topological polar surface area (TPSA) is 25.8 Å². The van der Waals surface area contributed by atoms with Crippen molar-refractivity contribution < 1.29 is 4.39 Å². The first-order chi connectivity index (χ1) is 5.68. The van der Waals surface area contributed by atoms with Gasteiger partial charge in [0, 0.05) is 0 Å². The van der Waals surface area contributed by atoms with E-state index in [2.05, 4.69) is 25.9 Å². The molecule has 0 bridgehead atoms. The van der Waals surface area contributed by atoms with Gasteiger partial charge in [0.05, 0.1) is 16.6 Å². The van der Waals surface area contributed by atoms with Crippen LogP contribution in [-0.2, 0) is 0 Å². The van der Waals surface area contributed by atoms with Crippen LogP contribution in [0.2, 0.25) is 0 Å². The summed E-state index contributed by atoms with van der Waals surface area (Å²) in [5, 5.41) is 0. The Hall–Kier alpha value is -0.550. The molecular formula is C7H4BrFN2S. The molecule has 0 fully saturated rings. The van der Waals surface area contributed by atoms with Gasteiger partial charge in [0.15, 0.2) is 9.73 Å². The molecule has 0 spiro atoms. The molecule has 2 aromatic heterocycles. The molecule has 2 rings (SSSR count). The number of pyridine rings is 1. The van der Waals surface area contributed by atoms with Crippen molar-refractivity contribution in [2.45, 2.75) is 6.92 Å². The fourth-order valence-electron chi connectivity index (χ4n) is 0.928. The van der Waals surface area contributed by atoms with E-state index in [1.807, 2.05) is 0 Å². The Morgan fingerprint density at radius 2 is 2.33 bits per heavy atom. The Balaban J connectivity index is 2.89. The fraction of sp³-hybridized carbons (Fsp3) is 0.143. The number of aryl methyl sites for hydroxylation is 1. The molecule has 62 valence electrons. The number of hydrogen-bond donors (Lipinski definition) is 0. The first kappa shape index (κ1) is 8.07. The molecule has 0 aliphatic rings. The Morgan fingerprint density at radius 1 is 1.58 bits per heavy atom. The van der Waals surface area contributed by atoms with Gasteiger partial charge in [-0.15, -0.1) is 11.3 Å². The van der Waals surface area contributed by atoms with Crippen LogP contribution in [-0.4, -0.2) is 9.97 Å². The van der Waals surface area contributed by atoms with E-state index < -0.39 is 0 Å². The van der Waals surface area contributed by atoms with Crippen LogP contribution in [0, 0.1) is 12.7 Å². The quantitative estimate of drug-likeness (QED) is 0.715. The zero-order valence-corrected chi connectivity index (χ0v) is 8.54. The molecule has 0 aromatic carbocycles. The summed E-state index contributed by atoms with van der Waals surface area (Å²) in [6.07, 6.45) is 1.58. The second-order valence-corrected chi connectivity index (χ2v) is 4.61. The Kier molecular flexibility index (Phi) is 1.84. The maximum absolute atomic E-state index is 13.3. The summed E-state index contributed by atoms with van der Waals surface area (Å²) in [5.41, 5.74) is 1.02. The van der Waals surface area contributed by atoms with Crippen LogP contribution in [0.4, 0.5) is 4.39 Å². The zero-order valence-electron chi connectivity index (χ0n) is 6.14. The lowest BCUT2D eigenvalue weighted by molar-refractivity contribution is 0.624. The lowest BCUT2D eigenvalue weighted by atomic mass is 10.3. The number of hydrogen-bond acceptors (Lipinski definition) is 3. The monoisotopic (exact) mass is 246 g/mol. The summed E-state index contributed by atoms with van der Waals surface area (Å²) in [5.74, 6) is -0.268. The molecular weight excluding hydrogens is 243 g/mol. The lowest BCUT2D eigenvalue weighted by Crippen LogP contribution is -1.86. The first-order valence-electron chi connectivity index (χ1n) is 3.25. The van der Waals surface area contributed by atoms with Crippen molar-refractivity contribution >= 4 is 37.5 Å².